The lowest BCUT2D eigenvalue weighted by Crippen LogP contribution is -2.35. The largest absolute Gasteiger partial charge is 0.550 e. The van der Waals surface area contributed by atoms with Crippen LogP contribution < -0.4 is 10.8 Å². The van der Waals surface area contributed by atoms with Gasteiger partial charge in [0, 0.05) is 18.4 Å². The van der Waals surface area contributed by atoms with Gasteiger partial charge in [-0.2, -0.15) is 0 Å². The summed E-state index contributed by atoms with van der Waals surface area (Å²) in [4.78, 5) is 9.97. The zero-order chi connectivity index (χ0) is 6.57. The molecule has 1 atom stereocenters. The fourth-order valence-corrected chi connectivity index (χ4v) is 0.430. The van der Waals surface area contributed by atoms with E-state index in [1.165, 1.54) is 0 Å². The number of hydrogen-bond donors (Lipinski definition) is 1. The maximum absolute atomic E-state index is 9.97. The molecule has 0 radical (unpaired) electrons. The molecule has 0 aliphatic rings. The Morgan fingerprint density at radius 1 is 1.78 bits per heavy atom. The van der Waals surface area contributed by atoms with Crippen LogP contribution in [0.4, 0.5) is 0 Å². The average Bonchev–Trinajstić information content (AvgIpc) is 1.69. The summed E-state index contributed by atoms with van der Waals surface area (Å²) in [5.41, 5.74) is 5.06. The highest BCUT2D eigenvalue weighted by Gasteiger charge is 2.01. The first kappa shape index (κ1) is 11.5. The van der Waals surface area contributed by atoms with Gasteiger partial charge in [-0.1, -0.05) is 6.92 Å². The molecule has 2 N–H and O–H groups in total. The van der Waals surface area contributed by atoms with Gasteiger partial charge in [0.1, 0.15) is 0 Å². The van der Waals surface area contributed by atoms with Crippen LogP contribution in [-0.2, 0) is 4.79 Å². The molecule has 0 bridgehead atoms. The minimum absolute atomic E-state index is 0. The van der Waals surface area contributed by atoms with E-state index in [0.717, 1.165) is 0 Å². The van der Waals surface area contributed by atoms with Gasteiger partial charge in [0.05, 0.1) is 0 Å². The molecule has 9 heavy (non-hydrogen) atoms. The Kier molecular flexibility index (Phi) is 7.48. The van der Waals surface area contributed by atoms with Crippen LogP contribution in [0.3, 0.4) is 0 Å². The molecule has 0 aromatic carbocycles. The fourth-order valence-electron chi connectivity index (χ4n) is 0.430. The van der Waals surface area contributed by atoms with Crippen LogP contribution in [0.2, 0.25) is 0 Å². The third-order valence-electron chi connectivity index (χ3n) is 1.11. The van der Waals surface area contributed by atoms with E-state index in [1.54, 1.807) is 6.92 Å². The van der Waals surface area contributed by atoms with E-state index >= 15 is 0 Å². The number of carbonyl (C=O) groups excluding carboxylic acids is 1. The molecule has 0 fully saturated rings. The Hall–Kier alpha value is -0.280. The number of carbonyl (C=O) groups is 1. The topological polar surface area (TPSA) is 66.2 Å². The average molecular weight is 153 g/mol. The van der Waals surface area contributed by atoms with E-state index in [-0.39, 0.29) is 19.0 Å². The van der Waals surface area contributed by atoms with Gasteiger partial charge in [-0.15, -0.1) is 12.4 Å². The Labute approximate surface area is 60.6 Å². The van der Waals surface area contributed by atoms with Crippen LogP contribution in [0.15, 0.2) is 0 Å². The van der Waals surface area contributed by atoms with Crippen LogP contribution in [0.5, 0.6) is 0 Å². The number of aliphatic carboxylic acids is 1. The Morgan fingerprint density at radius 2 is 2.22 bits per heavy atom. The maximum Gasteiger partial charge on any atom is 0.0457 e. The van der Waals surface area contributed by atoms with Gasteiger partial charge in [0.2, 0.25) is 0 Å². The van der Waals surface area contributed by atoms with E-state index in [4.69, 9.17) is 5.73 Å². The van der Waals surface area contributed by atoms with Crippen LogP contribution in [0.1, 0.15) is 13.3 Å². The lowest BCUT2D eigenvalue weighted by Gasteiger charge is -2.11. The molecule has 0 saturated carbocycles. The highest BCUT2D eigenvalue weighted by molar-refractivity contribution is 5.85. The maximum atomic E-state index is 9.97. The van der Waals surface area contributed by atoms with Crippen molar-refractivity contribution in [2.75, 3.05) is 6.54 Å². The SMILES string of the molecule is CCC(CN)C(=O)[O-].Cl. The highest BCUT2D eigenvalue weighted by atomic mass is 35.5. The molecule has 0 rings (SSSR count). The first-order chi connectivity index (χ1) is 3.72. The molecule has 0 aliphatic carbocycles. The minimum atomic E-state index is -1.05. The number of carboxylic acid groups (broad SMARTS) is 1. The summed E-state index contributed by atoms with van der Waals surface area (Å²) in [5.74, 6) is -1.51. The van der Waals surface area contributed by atoms with Crippen molar-refractivity contribution in [3.63, 3.8) is 0 Å². The van der Waals surface area contributed by atoms with Gasteiger partial charge in [-0.05, 0) is 6.42 Å². The van der Waals surface area contributed by atoms with Crippen LogP contribution >= 0.6 is 12.4 Å². The molecule has 0 heterocycles. The molecule has 0 saturated heterocycles. The van der Waals surface area contributed by atoms with E-state index in [2.05, 4.69) is 0 Å². The molecule has 1 unspecified atom stereocenters. The lowest BCUT2D eigenvalue weighted by molar-refractivity contribution is -0.311. The number of nitrogens with two attached hydrogens (primary N) is 1. The summed E-state index contributed by atoms with van der Waals surface area (Å²) < 4.78 is 0. The molecule has 0 aromatic heterocycles. The second-order valence-electron chi connectivity index (χ2n) is 1.66. The van der Waals surface area contributed by atoms with E-state index < -0.39 is 11.9 Å². The van der Waals surface area contributed by atoms with Gasteiger partial charge in [0.15, 0.2) is 0 Å². The lowest BCUT2D eigenvalue weighted by atomic mass is 10.1. The third-order valence-corrected chi connectivity index (χ3v) is 1.11. The van der Waals surface area contributed by atoms with Crippen molar-refractivity contribution in [1.29, 1.82) is 0 Å². The van der Waals surface area contributed by atoms with Crippen LogP contribution in [0, 0.1) is 5.92 Å². The van der Waals surface area contributed by atoms with Crippen molar-refractivity contribution in [2.24, 2.45) is 11.7 Å². The summed E-state index contributed by atoms with van der Waals surface area (Å²) in [6, 6.07) is 0. The quantitative estimate of drug-likeness (QED) is 0.573. The molecule has 0 amide bonds. The van der Waals surface area contributed by atoms with Crippen LogP contribution in [0.25, 0.3) is 0 Å². The summed E-state index contributed by atoms with van der Waals surface area (Å²) in [6.07, 6.45) is 0.554. The van der Waals surface area contributed by atoms with Crippen molar-refractivity contribution < 1.29 is 9.90 Å². The third kappa shape index (κ3) is 4.24. The monoisotopic (exact) mass is 152 g/mol. The van der Waals surface area contributed by atoms with Gasteiger partial charge >= 0.3 is 0 Å². The standard InChI is InChI=1S/C5H11NO2.ClH/c1-2-4(3-6)5(7)8;/h4H,2-3,6H2,1H3,(H,7,8);1H/p-1. The van der Waals surface area contributed by atoms with E-state index in [1.807, 2.05) is 0 Å². The van der Waals surface area contributed by atoms with Crippen molar-refractivity contribution in [3.05, 3.63) is 0 Å². The second kappa shape index (κ2) is 5.85. The molecule has 56 valence electrons. The van der Waals surface area contributed by atoms with Gasteiger partial charge in [-0.25, -0.2) is 0 Å². The highest BCUT2D eigenvalue weighted by Crippen LogP contribution is 1.95. The molecule has 0 aromatic rings. The molecule has 3 nitrogen and oxygen atoms in total. The smallest absolute Gasteiger partial charge is 0.0457 e. The van der Waals surface area contributed by atoms with Crippen molar-refractivity contribution in [1.82, 2.24) is 0 Å². The van der Waals surface area contributed by atoms with E-state index in [0.29, 0.717) is 6.42 Å². The predicted octanol–water partition coefficient (Wildman–Crippen LogP) is -0.857. The van der Waals surface area contributed by atoms with E-state index in [9.17, 15) is 9.90 Å². The number of halogens is 1. The molecule has 4 heteroatoms. The summed E-state index contributed by atoms with van der Waals surface area (Å²) in [6.45, 7) is 1.95. The zero-order valence-electron chi connectivity index (χ0n) is 5.29. The molecular weight excluding hydrogens is 142 g/mol. The predicted molar refractivity (Wildman–Crippen MR) is 35.1 cm³/mol. The Balaban J connectivity index is 0. The minimum Gasteiger partial charge on any atom is -0.550 e. The van der Waals surface area contributed by atoms with Crippen molar-refractivity contribution >= 4 is 18.4 Å². The summed E-state index contributed by atoms with van der Waals surface area (Å²) in [5, 5.41) is 9.97. The van der Waals surface area contributed by atoms with Crippen molar-refractivity contribution in [3.8, 4) is 0 Å². The van der Waals surface area contributed by atoms with Gasteiger partial charge < -0.3 is 15.6 Å². The van der Waals surface area contributed by atoms with Gasteiger partial charge in [0.25, 0.3) is 0 Å². The van der Waals surface area contributed by atoms with Crippen molar-refractivity contribution in [2.45, 2.75) is 13.3 Å². The zero-order valence-corrected chi connectivity index (χ0v) is 6.11. The summed E-state index contributed by atoms with van der Waals surface area (Å²) in [7, 11) is 0. The first-order valence-electron chi connectivity index (χ1n) is 2.63. The van der Waals surface area contributed by atoms with Crippen LogP contribution in [-0.4, -0.2) is 12.5 Å². The molecular formula is C5H11ClNO2-. The second-order valence-corrected chi connectivity index (χ2v) is 1.66. The number of rotatable bonds is 3. The molecule has 0 aliphatic heterocycles. The Morgan fingerprint density at radius 3 is 2.22 bits per heavy atom. The summed E-state index contributed by atoms with van der Waals surface area (Å²) >= 11 is 0. The fraction of sp³-hybridized carbons (Fsp3) is 0.800. The number of carboxylic acids is 1. The first-order valence-corrected chi connectivity index (χ1v) is 2.63. The molecule has 0 spiro atoms. The number of hydrogen-bond acceptors (Lipinski definition) is 3. The normalized spacial score (nSPS) is 11.8. The Bertz CT molecular complexity index is 83.0. The van der Waals surface area contributed by atoms with Gasteiger partial charge in [-0.3, -0.25) is 0 Å².